The van der Waals surface area contributed by atoms with Crippen molar-refractivity contribution in [2.75, 3.05) is 0 Å². The lowest BCUT2D eigenvalue weighted by Crippen LogP contribution is -1.97. The van der Waals surface area contributed by atoms with Gasteiger partial charge in [0.2, 0.25) is 0 Å². The zero-order valence-corrected chi connectivity index (χ0v) is 28.5. The number of fused-ring (bicyclic) bond motifs is 7. The second-order valence-corrected chi connectivity index (χ2v) is 13.4. The second-order valence-electron chi connectivity index (χ2n) is 13.4. The molecular weight excluding hydrogens is 649 g/mol. The number of nitrogens with one attached hydrogen (secondary N) is 1. The maximum Gasteiger partial charge on any atom is 0.147 e. The Labute approximate surface area is 304 Å². The molecule has 1 N–H and O–H groups in total. The third kappa shape index (κ3) is 4.56. The quantitative estimate of drug-likeness (QED) is 0.197. The van der Waals surface area contributed by atoms with Gasteiger partial charge in [-0.2, -0.15) is 0 Å². The summed E-state index contributed by atoms with van der Waals surface area (Å²) in [4.78, 5) is 18.3. The summed E-state index contributed by atoms with van der Waals surface area (Å²) in [5, 5.41) is 4.73. The molecule has 0 amide bonds. The number of H-pyrrole nitrogens is 1. The van der Waals surface area contributed by atoms with Crippen molar-refractivity contribution in [2.45, 2.75) is 0 Å². The minimum Gasteiger partial charge on any atom is -0.354 e. The van der Waals surface area contributed by atoms with Crippen LogP contribution in [0.15, 0.2) is 176 Å². The monoisotopic (exact) mass is 678 g/mol. The zero-order chi connectivity index (χ0) is 34.9. The van der Waals surface area contributed by atoms with E-state index in [1.165, 1.54) is 16.2 Å². The molecule has 0 unspecified atom stereocenters. The molecule has 6 nitrogen and oxygen atoms in total. The van der Waals surface area contributed by atoms with Gasteiger partial charge in [-0.25, -0.2) is 9.97 Å². The van der Waals surface area contributed by atoms with E-state index in [1.807, 2.05) is 30.7 Å². The van der Waals surface area contributed by atoms with Gasteiger partial charge in [-0.1, -0.05) is 84.9 Å². The van der Waals surface area contributed by atoms with Gasteiger partial charge in [-0.05, 0) is 89.5 Å². The van der Waals surface area contributed by atoms with Crippen molar-refractivity contribution in [3.63, 3.8) is 0 Å². The van der Waals surface area contributed by atoms with E-state index in [4.69, 9.17) is 9.97 Å². The van der Waals surface area contributed by atoms with Crippen LogP contribution in [0.4, 0.5) is 0 Å². The molecule has 6 aromatic carbocycles. The van der Waals surface area contributed by atoms with Crippen LogP contribution in [-0.4, -0.2) is 29.1 Å². The summed E-state index contributed by atoms with van der Waals surface area (Å²) >= 11 is 0. The van der Waals surface area contributed by atoms with Crippen molar-refractivity contribution in [1.29, 1.82) is 0 Å². The highest BCUT2D eigenvalue weighted by Crippen LogP contribution is 2.40. The number of hydrogen-bond acceptors (Lipinski definition) is 3. The molecule has 0 radical (unpaired) electrons. The number of aromatic nitrogens is 6. The lowest BCUT2D eigenvalue weighted by Gasteiger charge is -2.11. The van der Waals surface area contributed by atoms with Gasteiger partial charge >= 0.3 is 0 Å². The highest BCUT2D eigenvalue weighted by atomic mass is 15.1. The van der Waals surface area contributed by atoms with Crippen molar-refractivity contribution >= 4 is 54.6 Å². The first kappa shape index (κ1) is 29.4. The van der Waals surface area contributed by atoms with Gasteiger partial charge in [0, 0.05) is 62.5 Å². The molecule has 248 valence electrons. The highest BCUT2D eigenvalue weighted by Gasteiger charge is 2.21. The fourth-order valence-electron chi connectivity index (χ4n) is 8.05. The number of pyridine rings is 2. The first-order chi connectivity index (χ1) is 26.3. The van der Waals surface area contributed by atoms with Crippen LogP contribution in [-0.2, 0) is 0 Å². The highest BCUT2D eigenvalue weighted by molar-refractivity contribution is 6.14. The van der Waals surface area contributed by atoms with Gasteiger partial charge in [0.05, 0.1) is 27.6 Å². The van der Waals surface area contributed by atoms with Gasteiger partial charge in [-0.15, -0.1) is 0 Å². The number of hydrogen-bond donors (Lipinski definition) is 1. The minimum absolute atomic E-state index is 0.883. The van der Waals surface area contributed by atoms with Gasteiger partial charge in [0.25, 0.3) is 0 Å². The summed E-state index contributed by atoms with van der Waals surface area (Å²) in [6, 6.07) is 55.7. The van der Waals surface area contributed by atoms with Gasteiger partial charge < -0.3 is 4.98 Å². The third-order valence-corrected chi connectivity index (χ3v) is 10.5. The maximum absolute atomic E-state index is 5.54. The number of aromatic amines is 1. The maximum atomic E-state index is 5.54. The molecule has 0 fully saturated rings. The number of benzene rings is 6. The Morgan fingerprint density at radius 1 is 0.453 bits per heavy atom. The number of nitrogens with zero attached hydrogens (tertiary/aromatic N) is 5. The van der Waals surface area contributed by atoms with Crippen LogP contribution in [0.1, 0.15) is 0 Å². The Kier molecular flexibility index (Phi) is 6.45. The number of rotatable bonds is 5. The average Bonchev–Trinajstić information content (AvgIpc) is 3.91. The summed E-state index contributed by atoms with van der Waals surface area (Å²) in [7, 11) is 0. The Balaban J connectivity index is 1.15. The summed E-state index contributed by atoms with van der Waals surface area (Å²) in [5.41, 5.74) is 12.9. The molecule has 53 heavy (non-hydrogen) atoms. The number of imidazole rings is 1. The van der Waals surface area contributed by atoms with Gasteiger partial charge in [0.1, 0.15) is 11.6 Å². The zero-order valence-electron chi connectivity index (χ0n) is 28.5. The molecule has 0 aliphatic carbocycles. The molecule has 6 heteroatoms. The van der Waals surface area contributed by atoms with Crippen LogP contribution in [0.3, 0.4) is 0 Å². The van der Waals surface area contributed by atoms with E-state index in [0.29, 0.717) is 0 Å². The van der Waals surface area contributed by atoms with E-state index in [-0.39, 0.29) is 0 Å². The standard InChI is InChI=1S/C47H30N6/c1-2-10-33(11-3-1)52-42-17-9-13-34(32-19-21-36-35-12-4-5-16-41(35)53(43(36)29-32)44-18-6-7-25-49-44)46(42)51-47(52)38-15-8-14-37-39-28-31(30-23-26-48-27-24-30)20-22-40(39)50-45(37)38/h1-29,50H. The van der Waals surface area contributed by atoms with E-state index in [0.717, 1.165) is 83.6 Å². The van der Waals surface area contributed by atoms with Crippen molar-refractivity contribution < 1.29 is 0 Å². The predicted molar refractivity (Wildman–Crippen MR) is 217 cm³/mol. The topological polar surface area (TPSA) is 64.3 Å². The normalized spacial score (nSPS) is 11.8. The molecule has 11 aromatic rings. The molecule has 0 spiro atoms. The van der Waals surface area contributed by atoms with Crippen LogP contribution in [0.25, 0.3) is 99.8 Å². The summed E-state index contributed by atoms with van der Waals surface area (Å²) in [5.74, 6) is 1.78. The Morgan fingerprint density at radius 3 is 2.09 bits per heavy atom. The van der Waals surface area contributed by atoms with Crippen molar-refractivity contribution in [3.8, 4) is 45.1 Å². The summed E-state index contributed by atoms with van der Waals surface area (Å²) in [6.07, 6.45) is 5.53. The predicted octanol–water partition coefficient (Wildman–Crippen LogP) is 11.5. The fourth-order valence-corrected chi connectivity index (χ4v) is 8.05. The van der Waals surface area contributed by atoms with Crippen LogP contribution in [0, 0.1) is 0 Å². The molecule has 11 rings (SSSR count). The molecule has 0 aliphatic heterocycles. The van der Waals surface area contributed by atoms with Gasteiger partial charge in [-0.3, -0.25) is 14.1 Å². The molecular formula is C47H30N6. The van der Waals surface area contributed by atoms with Crippen molar-refractivity contribution in [1.82, 2.24) is 29.1 Å². The van der Waals surface area contributed by atoms with Crippen LogP contribution >= 0.6 is 0 Å². The molecule has 5 aromatic heterocycles. The van der Waals surface area contributed by atoms with E-state index in [1.54, 1.807) is 0 Å². The minimum atomic E-state index is 0.883. The Bertz CT molecular complexity index is 3160. The molecule has 0 aliphatic rings. The molecule has 0 bridgehead atoms. The molecule has 5 heterocycles. The SMILES string of the molecule is c1ccc(-n2c(-c3cccc4c3[nH]c3ccc(-c5ccncc5)cc34)nc3c(-c4ccc5c6ccccc6n(-c6ccccn6)c5c4)cccc32)cc1. The largest absolute Gasteiger partial charge is 0.354 e. The second kappa shape index (κ2) is 11.6. The average molecular weight is 679 g/mol. The molecule has 0 saturated carbocycles. The first-order valence-electron chi connectivity index (χ1n) is 17.8. The van der Waals surface area contributed by atoms with Gasteiger partial charge in [0.15, 0.2) is 0 Å². The Morgan fingerprint density at radius 2 is 1.21 bits per heavy atom. The Hall–Kier alpha value is -7.31. The van der Waals surface area contributed by atoms with Crippen LogP contribution in [0.5, 0.6) is 0 Å². The lowest BCUT2D eigenvalue weighted by atomic mass is 10.0. The lowest BCUT2D eigenvalue weighted by molar-refractivity contribution is 1.08. The van der Waals surface area contributed by atoms with E-state index in [9.17, 15) is 0 Å². The molecule has 0 atom stereocenters. The smallest absolute Gasteiger partial charge is 0.147 e. The fraction of sp³-hybridized carbons (Fsp3) is 0. The summed E-state index contributed by atoms with van der Waals surface area (Å²) < 4.78 is 4.56. The van der Waals surface area contributed by atoms with Crippen molar-refractivity contribution in [3.05, 3.63) is 176 Å². The van der Waals surface area contributed by atoms with Crippen molar-refractivity contribution in [2.24, 2.45) is 0 Å². The van der Waals surface area contributed by atoms with E-state index >= 15 is 0 Å². The van der Waals surface area contributed by atoms with Crippen LogP contribution in [0.2, 0.25) is 0 Å². The molecule has 0 saturated heterocycles. The summed E-state index contributed by atoms with van der Waals surface area (Å²) in [6.45, 7) is 0. The van der Waals surface area contributed by atoms with E-state index < -0.39 is 0 Å². The van der Waals surface area contributed by atoms with Crippen LogP contribution < -0.4 is 0 Å². The number of para-hydroxylation sites is 4. The first-order valence-corrected chi connectivity index (χ1v) is 17.8. The van der Waals surface area contributed by atoms with E-state index in [2.05, 4.69) is 165 Å². The third-order valence-electron chi connectivity index (χ3n) is 10.5.